The fourth-order valence-electron chi connectivity index (χ4n) is 2.12. The highest BCUT2D eigenvalue weighted by Crippen LogP contribution is 2.23. The number of ether oxygens (including phenoxy) is 1. The second-order valence-corrected chi connectivity index (χ2v) is 6.57. The van der Waals surface area contributed by atoms with Crippen LogP contribution in [0.1, 0.15) is 45.1 Å². The number of hydrogen-bond acceptors (Lipinski definition) is 5. The standard InChI is InChI=1S/C17H29N3O3S.HI/c1-4-18-16(19-10-7-5-6-8-15(21)23-3)20-13-17(2,22)14-9-11-24-12-14;/h9,11-12,22H,4-8,10,13H2,1-3H3,(H2,18,19,20);1H. The van der Waals surface area contributed by atoms with E-state index in [2.05, 4.69) is 20.4 Å². The summed E-state index contributed by atoms with van der Waals surface area (Å²) < 4.78 is 4.61. The van der Waals surface area contributed by atoms with Gasteiger partial charge < -0.3 is 20.5 Å². The molecule has 0 saturated heterocycles. The molecule has 0 fully saturated rings. The summed E-state index contributed by atoms with van der Waals surface area (Å²) in [5.74, 6) is 0.537. The van der Waals surface area contributed by atoms with E-state index in [1.165, 1.54) is 7.11 Å². The summed E-state index contributed by atoms with van der Waals surface area (Å²) in [7, 11) is 1.41. The van der Waals surface area contributed by atoms with Crippen molar-refractivity contribution in [3.05, 3.63) is 22.4 Å². The van der Waals surface area contributed by atoms with Crippen LogP contribution < -0.4 is 10.6 Å². The van der Waals surface area contributed by atoms with E-state index in [0.29, 0.717) is 18.9 Å². The van der Waals surface area contributed by atoms with Gasteiger partial charge in [0.15, 0.2) is 5.96 Å². The summed E-state index contributed by atoms with van der Waals surface area (Å²) in [5, 5.41) is 20.8. The molecule has 6 nitrogen and oxygen atoms in total. The molecule has 144 valence electrons. The SMILES string of the molecule is CCNC(=NCC(C)(O)c1ccsc1)NCCCCCC(=O)OC.I. The van der Waals surface area contributed by atoms with Crippen molar-refractivity contribution < 1.29 is 14.6 Å². The van der Waals surface area contributed by atoms with Gasteiger partial charge in [-0.05, 0) is 49.1 Å². The van der Waals surface area contributed by atoms with Gasteiger partial charge in [-0.2, -0.15) is 11.3 Å². The molecule has 0 aliphatic rings. The number of nitrogens with zero attached hydrogens (tertiary/aromatic N) is 1. The number of carbonyl (C=O) groups excluding carboxylic acids is 1. The van der Waals surface area contributed by atoms with Gasteiger partial charge in [-0.25, -0.2) is 4.99 Å². The van der Waals surface area contributed by atoms with Gasteiger partial charge >= 0.3 is 5.97 Å². The zero-order chi connectivity index (χ0) is 17.8. The monoisotopic (exact) mass is 483 g/mol. The summed E-state index contributed by atoms with van der Waals surface area (Å²) in [6, 6.07) is 1.92. The minimum Gasteiger partial charge on any atom is -0.469 e. The molecule has 0 spiro atoms. The molecule has 3 N–H and O–H groups in total. The minimum atomic E-state index is -0.969. The van der Waals surface area contributed by atoms with Crippen LogP contribution in [0, 0.1) is 0 Å². The lowest BCUT2D eigenvalue weighted by Gasteiger charge is -2.21. The summed E-state index contributed by atoms with van der Waals surface area (Å²) in [5.41, 5.74) is -0.0852. The first kappa shape index (κ1) is 24.1. The quantitative estimate of drug-likeness (QED) is 0.157. The van der Waals surface area contributed by atoms with Crippen molar-refractivity contribution >= 4 is 47.2 Å². The highest BCUT2D eigenvalue weighted by molar-refractivity contribution is 14.0. The fraction of sp³-hybridized carbons (Fsp3) is 0.647. The highest BCUT2D eigenvalue weighted by Gasteiger charge is 2.23. The van der Waals surface area contributed by atoms with E-state index in [4.69, 9.17) is 0 Å². The maximum atomic E-state index is 11.0. The van der Waals surface area contributed by atoms with Crippen molar-refractivity contribution in [2.45, 2.75) is 45.1 Å². The molecular weight excluding hydrogens is 453 g/mol. The average Bonchev–Trinajstić information content (AvgIpc) is 3.10. The van der Waals surface area contributed by atoms with Crippen molar-refractivity contribution in [2.75, 3.05) is 26.7 Å². The highest BCUT2D eigenvalue weighted by atomic mass is 127. The summed E-state index contributed by atoms with van der Waals surface area (Å²) in [6.07, 6.45) is 3.19. The molecule has 0 aliphatic carbocycles. The molecule has 0 bridgehead atoms. The lowest BCUT2D eigenvalue weighted by atomic mass is 10.00. The molecule has 0 saturated carbocycles. The zero-order valence-electron chi connectivity index (χ0n) is 15.2. The Hall–Kier alpha value is -0.870. The van der Waals surface area contributed by atoms with E-state index < -0.39 is 5.60 Å². The van der Waals surface area contributed by atoms with Gasteiger partial charge in [0.1, 0.15) is 5.60 Å². The Morgan fingerprint density at radius 3 is 2.72 bits per heavy atom. The Bertz CT molecular complexity index is 507. The first-order valence-corrected chi connectivity index (χ1v) is 9.28. The molecule has 8 heteroatoms. The molecule has 1 heterocycles. The van der Waals surface area contributed by atoms with Gasteiger partial charge in [-0.3, -0.25) is 4.79 Å². The number of guanidine groups is 1. The molecule has 1 rings (SSSR count). The number of aliphatic hydroxyl groups is 1. The maximum absolute atomic E-state index is 11.0. The average molecular weight is 483 g/mol. The second-order valence-electron chi connectivity index (χ2n) is 5.79. The van der Waals surface area contributed by atoms with E-state index >= 15 is 0 Å². The van der Waals surface area contributed by atoms with E-state index in [9.17, 15) is 9.90 Å². The van der Waals surface area contributed by atoms with Gasteiger partial charge in [0.2, 0.25) is 0 Å². The Kier molecular flexibility index (Phi) is 12.9. The number of unbranched alkanes of at least 4 members (excludes halogenated alkanes) is 2. The minimum absolute atomic E-state index is 0. The predicted octanol–water partition coefficient (Wildman–Crippen LogP) is 2.86. The smallest absolute Gasteiger partial charge is 0.305 e. The van der Waals surface area contributed by atoms with Crippen molar-refractivity contribution in [1.82, 2.24) is 10.6 Å². The molecule has 1 atom stereocenters. The molecular formula is C17H30IN3O3S. The fourth-order valence-corrected chi connectivity index (χ4v) is 2.90. The Balaban J connectivity index is 0.00000576. The van der Waals surface area contributed by atoms with Crippen LogP contribution in [0.25, 0.3) is 0 Å². The molecule has 0 aromatic carbocycles. The van der Waals surface area contributed by atoms with Crippen LogP contribution in [0.2, 0.25) is 0 Å². The van der Waals surface area contributed by atoms with Crippen molar-refractivity contribution in [3.63, 3.8) is 0 Å². The van der Waals surface area contributed by atoms with Crippen LogP contribution in [0.3, 0.4) is 0 Å². The molecule has 1 unspecified atom stereocenters. The second kappa shape index (κ2) is 13.3. The van der Waals surface area contributed by atoms with Crippen molar-refractivity contribution in [1.29, 1.82) is 0 Å². The number of halogens is 1. The van der Waals surface area contributed by atoms with Crippen molar-refractivity contribution in [2.24, 2.45) is 4.99 Å². The number of thiophene rings is 1. The summed E-state index contributed by atoms with van der Waals surface area (Å²) in [4.78, 5) is 15.5. The van der Waals surface area contributed by atoms with Gasteiger partial charge in [-0.15, -0.1) is 24.0 Å². The lowest BCUT2D eigenvalue weighted by Crippen LogP contribution is -2.39. The van der Waals surface area contributed by atoms with Crippen LogP contribution in [-0.2, 0) is 15.1 Å². The Labute approximate surface area is 171 Å². The van der Waals surface area contributed by atoms with Gasteiger partial charge in [0.25, 0.3) is 0 Å². The van der Waals surface area contributed by atoms with E-state index in [1.54, 1.807) is 18.3 Å². The molecule has 1 aromatic heterocycles. The number of esters is 1. The third-order valence-corrected chi connectivity index (χ3v) is 4.29. The first-order chi connectivity index (χ1) is 11.5. The van der Waals surface area contributed by atoms with Crippen LogP contribution in [0.15, 0.2) is 21.8 Å². The van der Waals surface area contributed by atoms with Crippen LogP contribution in [-0.4, -0.2) is 43.8 Å². The molecule has 1 aromatic rings. The number of rotatable bonds is 10. The molecule has 0 aliphatic heterocycles. The van der Waals surface area contributed by atoms with Gasteiger partial charge in [-0.1, -0.05) is 6.42 Å². The molecule has 25 heavy (non-hydrogen) atoms. The Morgan fingerprint density at radius 1 is 1.36 bits per heavy atom. The summed E-state index contributed by atoms with van der Waals surface area (Å²) in [6.45, 7) is 5.60. The van der Waals surface area contributed by atoms with E-state index in [-0.39, 0.29) is 29.9 Å². The summed E-state index contributed by atoms with van der Waals surface area (Å²) >= 11 is 1.56. The van der Waals surface area contributed by atoms with Crippen LogP contribution in [0.5, 0.6) is 0 Å². The molecule has 0 amide bonds. The number of nitrogens with one attached hydrogen (secondary N) is 2. The van der Waals surface area contributed by atoms with Crippen LogP contribution in [0.4, 0.5) is 0 Å². The zero-order valence-corrected chi connectivity index (χ0v) is 18.4. The third-order valence-electron chi connectivity index (χ3n) is 3.61. The topological polar surface area (TPSA) is 83.0 Å². The van der Waals surface area contributed by atoms with Gasteiger partial charge in [0.05, 0.1) is 13.7 Å². The van der Waals surface area contributed by atoms with Crippen LogP contribution >= 0.6 is 35.3 Å². The Morgan fingerprint density at radius 2 is 2.12 bits per heavy atom. The normalized spacial score (nSPS) is 13.5. The molecule has 0 radical (unpaired) electrons. The lowest BCUT2D eigenvalue weighted by molar-refractivity contribution is -0.140. The number of carbonyl (C=O) groups is 1. The number of aliphatic imine (C=N–C) groups is 1. The van der Waals surface area contributed by atoms with Gasteiger partial charge in [0, 0.05) is 19.5 Å². The number of methoxy groups -OCH3 is 1. The maximum Gasteiger partial charge on any atom is 0.305 e. The van der Waals surface area contributed by atoms with E-state index in [1.807, 2.05) is 23.8 Å². The predicted molar refractivity (Wildman–Crippen MR) is 114 cm³/mol. The van der Waals surface area contributed by atoms with E-state index in [0.717, 1.165) is 37.9 Å². The number of hydrogen-bond donors (Lipinski definition) is 3. The largest absolute Gasteiger partial charge is 0.469 e. The first-order valence-electron chi connectivity index (χ1n) is 8.33. The third kappa shape index (κ3) is 10.0. The van der Waals surface area contributed by atoms with Crippen molar-refractivity contribution in [3.8, 4) is 0 Å².